The summed E-state index contributed by atoms with van der Waals surface area (Å²) in [5.41, 5.74) is 1.30. The minimum Gasteiger partial charge on any atom is -0.497 e. The van der Waals surface area contributed by atoms with Gasteiger partial charge in [-0.1, -0.05) is 30.7 Å². The molecule has 0 spiro atoms. The highest BCUT2D eigenvalue weighted by Crippen LogP contribution is 2.43. The lowest BCUT2D eigenvalue weighted by atomic mass is 9.92. The Hall–Kier alpha value is -2.60. The van der Waals surface area contributed by atoms with Crippen molar-refractivity contribution in [3.05, 3.63) is 69.2 Å². The number of amides is 1. The van der Waals surface area contributed by atoms with Crippen LogP contribution in [0, 0.1) is 16.0 Å². The predicted molar refractivity (Wildman–Crippen MR) is 99.2 cm³/mol. The number of carbonyl (C=O) groups is 1. The number of carbonyl (C=O) groups excluding carboxylic acids is 1. The highest BCUT2D eigenvalue weighted by molar-refractivity contribution is 6.30. The van der Waals surface area contributed by atoms with Crippen molar-refractivity contribution in [2.75, 3.05) is 12.0 Å². The van der Waals surface area contributed by atoms with Gasteiger partial charge in [-0.05, 0) is 48.4 Å². The van der Waals surface area contributed by atoms with Crippen LogP contribution < -0.4 is 9.64 Å². The molecule has 0 N–H and O–H groups in total. The standard InChI is InChI=1S/C19H19ClN2O4/c1-3-16-18(22(24)25)17(12-4-6-13(20)7-5-12)21(19(16)23)14-8-10-15(26-2)11-9-14/h4-11,16-18H,3H2,1-2H3/t16-,17+,18-/m0/s1. The fraction of sp³-hybridized carbons (Fsp3) is 0.316. The van der Waals surface area contributed by atoms with Gasteiger partial charge in [0.15, 0.2) is 0 Å². The van der Waals surface area contributed by atoms with E-state index in [0.29, 0.717) is 28.4 Å². The zero-order valence-electron chi connectivity index (χ0n) is 14.5. The van der Waals surface area contributed by atoms with Gasteiger partial charge in [0.1, 0.15) is 17.7 Å². The molecular formula is C19H19ClN2O4. The highest BCUT2D eigenvalue weighted by Gasteiger charge is 2.55. The van der Waals surface area contributed by atoms with Crippen molar-refractivity contribution in [3.63, 3.8) is 0 Å². The molecule has 6 nitrogen and oxygen atoms in total. The van der Waals surface area contributed by atoms with E-state index in [1.54, 1.807) is 62.6 Å². The van der Waals surface area contributed by atoms with Crippen LogP contribution in [0.15, 0.2) is 48.5 Å². The van der Waals surface area contributed by atoms with Crippen molar-refractivity contribution < 1.29 is 14.5 Å². The third-order valence-electron chi connectivity index (χ3n) is 4.81. The summed E-state index contributed by atoms with van der Waals surface area (Å²) in [6, 6.07) is 12.1. The minimum absolute atomic E-state index is 0.237. The molecule has 26 heavy (non-hydrogen) atoms. The molecule has 3 rings (SSSR count). The third kappa shape index (κ3) is 3.12. The number of halogens is 1. The van der Waals surface area contributed by atoms with E-state index >= 15 is 0 Å². The number of nitro groups is 1. The number of hydrogen-bond donors (Lipinski definition) is 0. The van der Waals surface area contributed by atoms with Gasteiger partial charge < -0.3 is 4.74 Å². The molecule has 2 aromatic carbocycles. The Kier molecular flexibility index (Phi) is 5.13. The molecule has 1 aliphatic heterocycles. The van der Waals surface area contributed by atoms with Gasteiger partial charge in [-0.25, -0.2) is 0 Å². The van der Waals surface area contributed by atoms with E-state index in [2.05, 4.69) is 0 Å². The van der Waals surface area contributed by atoms with Crippen LogP contribution >= 0.6 is 11.6 Å². The van der Waals surface area contributed by atoms with Crippen LogP contribution in [0.1, 0.15) is 24.9 Å². The fourth-order valence-electron chi connectivity index (χ4n) is 3.55. The Labute approximate surface area is 156 Å². The molecule has 0 aliphatic carbocycles. The number of ether oxygens (including phenoxy) is 1. The number of rotatable bonds is 5. The van der Waals surface area contributed by atoms with Gasteiger partial charge in [-0.3, -0.25) is 19.8 Å². The number of nitrogens with zero attached hydrogens (tertiary/aromatic N) is 2. The van der Waals surface area contributed by atoms with Crippen LogP contribution in [-0.2, 0) is 4.79 Å². The second kappa shape index (κ2) is 7.33. The Bertz CT molecular complexity index is 807. The van der Waals surface area contributed by atoms with Gasteiger partial charge in [0.25, 0.3) is 0 Å². The second-order valence-corrected chi connectivity index (χ2v) is 6.63. The summed E-state index contributed by atoms with van der Waals surface area (Å²) in [6.45, 7) is 1.80. The monoisotopic (exact) mass is 374 g/mol. The molecule has 3 atom stereocenters. The average molecular weight is 375 g/mol. The topological polar surface area (TPSA) is 72.7 Å². The maximum Gasteiger partial charge on any atom is 0.249 e. The summed E-state index contributed by atoms with van der Waals surface area (Å²) >= 11 is 5.96. The zero-order valence-corrected chi connectivity index (χ0v) is 15.2. The quantitative estimate of drug-likeness (QED) is 0.583. The van der Waals surface area contributed by atoms with Crippen molar-refractivity contribution in [1.29, 1.82) is 0 Å². The normalized spacial score (nSPS) is 22.5. The maximum atomic E-state index is 13.0. The largest absolute Gasteiger partial charge is 0.497 e. The molecule has 0 radical (unpaired) electrons. The lowest BCUT2D eigenvalue weighted by molar-refractivity contribution is -0.530. The smallest absolute Gasteiger partial charge is 0.249 e. The molecule has 1 saturated heterocycles. The van der Waals surface area contributed by atoms with Crippen molar-refractivity contribution >= 4 is 23.2 Å². The highest BCUT2D eigenvalue weighted by atomic mass is 35.5. The first-order chi connectivity index (χ1) is 12.5. The molecule has 1 amide bonds. The molecule has 1 heterocycles. The Morgan fingerprint density at radius 2 is 1.77 bits per heavy atom. The molecule has 7 heteroatoms. The van der Waals surface area contributed by atoms with Crippen molar-refractivity contribution in [3.8, 4) is 5.75 Å². The van der Waals surface area contributed by atoms with Crippen LogP contribution in [0.25, 0.3) is 0 Å². The van der Waals surface area contributed by atoms with Gasteiger partial charge in [0.05, 0.1) is 7.11 Å². The molecule has 1 fully saturated rings. The average Bonchev–Trinajstić information content (AvgIpc) is 2.95. The molecule has 0 saturated carbocycles. The Balaban J connectivity index is 2.12. The van der Waals surface area contributed by atoms with E-state index in [9.17, 15) is 14.9 Å². The lowest BCUT2D eigenvalue weighted by Gasteiger charge is -2.25. The van der Waals surface area contributed by atoms with Crippen LogP contribution in [0.2, 0.25) is 5.02 Å². The van der Waals surface area contributed by atoms with E-state index < -0.39 is 18.0 Å². The lowest BCUT2D eigenvalue weighted by Crippen LogP contribution is -2.33. The van der Waals surface area contributed by atoms with E-state index in [4.69, 9.17) is 16.3 Å². The van der Waals surface area contributed by atoms with E-state index in [1.807, 2.05) is 0 Å². The summed E-state index contributed by atoms with van der Waals surface area (Å²) in [6.07, 6.45) is 0.404. The summed E-state index contributed by atoms with van der Waals surface area (Å²) in [5, 5.41) is 12.4. The van der Waals surface area contributed by atoms with Gasteiger partial charge in [0, 0.05) is 15.6 Å². The summed E-state index contributed by atoms with van der Waals surface area (Å²) < 4.78 is 5.16. The van der Waals surface area contributed by atoms with Crippen molar-refractivity contribution in [1.82, 2.24) is 0 Å². The second-order valence-electron chi connectivity index (χ2n) is 6.19. The minimum atomic E-state index is -1.02. The fourth-order valence-corrected chi connectivity index (χ4v) is 3.68. The van der Waals surface area contributed by atoms with E-state index in [-0.39, 0.29) is 10.8 Å². The van der Waals surface area contributed by atoms with Crippen molar-refractivity contribution in [2.24, 2.45) is 5.92 Å². The predicted octanol–water partition coefficient (Wildman–Crippen LogP) is 4.11. The summed E-state index contributed by atoms with van der Waals surface area (Å²) in [4.78, 5) is 26.0. The summed E-state index contributed by atoms with van der Waals surface area (Å²) in [5.74, 6) is -0.256. The van der Waals surface area contributed by atoms with Crippen LogP contribution in [0.3, 0.4) is 0 Å². The van der Waals surface area contributed by atoms with Gasteiger partial charge in [-0.2, -0.15) is 0 Å². The van der Waals surface area contributed by atoms with Gasteiger partial charge >= 0.3 is 0 Å². The molecule has 2 aromatic rings. The molecule has 1 aliphatic rings. The van der Waals surface area contributed by atoms with Crippen LogP contribution in [0.5, 0.6) is 5.75 Å². The molecular weight excluding hydrogens is 356 g/mol. The van der Waals surface area contributed by atoms with E-state index in [1.165, 1.54) is 4.90 Å². The molecule has 0 bridgehead atoms. The molecule has 0 unspecified atom stereocenters. The number of benzene rings is 2. The Morgan fingerprint density at radius 3 is 2.27 bits per heavy atom. The zero-order chi connectivity index (χ0) is 18.8. The Morgan fingerprint density at radius 1 is 1.15 bits per heavy atom. The number of hydrogen-bond acceptors (Lipinski definition) is 4. The van der Waals surface area contributed by atoms with Crippen LogP contribution in [-0.4, -0.2) is 24.0 Å². The summed E-state index contributed by atoms with van der Waals surface area (Å²) in [7, 11) is 1.56. The van der Waals surface area contributed by atoms with E-state index in [0.717, 1.165) is 0 Å². The maximum absolute atomic E-state index is 13.0. The van der Waals surface area contributed by atoms with Crippen LogP contribution in [0.4, 0.5) is 5.69 Å². The first kappa shape index (κ1) is 18.2. The first-order valence-electron chi connectivity index (χ1n) is 8.34. The third-order valence-corrected chi connectivity index (χ3v) is 5.07. The first-order valence-corrected chi connectivity index (χ1v) is 8.71. The van der Waals surface area contributed by atoms with Gasteiger partial charge in [0.2, 0.25) is 11.9 Å². The molecule has 0 aromatic heterocycles. The number of methoxy groups -OCH3 is 1. The number of anilines is 1. The van der Waals surface area contributed by atoms with Crippen molar-refractivity contribution in [2.45, 2.75) is 25.4 Å². The molecule has 136 valence electrons. The van der Waals surface area contributed by atoms with Gasteiger partial charge in [-0.15, -0.1) is 0 Å². The SMILES string of the molecule is CC[C@@H]1C(=O)N(c2ccc(OC)cc2)[C@H](c2ccc(Cl)cc2)[C@H]1[N+](=O)[O-].